The Bertz CT molecular complexity index is 613. The third-order valence-corrected chi connectivity index (χ3v) is 4.99. The van der Waals surface area contributed by atoms with E-state index in [1.807, 2.05) is 23.5 Å². The lowest BCUT2D eigenvalue weighted by atomic mass is 9.91. The van der Waals surface area contributed by atoms with Crippen molar-refractivity contribution in [2.45, 2.75) is 16.9 Å². The van der Waals surface area contributed by atoms with Gasteiger partial charge in [0.15, 0.2) is 5.75 Å². The Morgan fingerprint density at radius 3 is 3.05 bits per heavy atom. The number of benzene rings is 1. The van der Waals surface area contributed by atoms with Crippen LogP contribution in [-0.2, 0) is 7.05 Å². The van der Waals surface area contributed by atoms with Crippen LogP contribution in [0.3, 0.4) is 0 Å². The maximum Gasteiger partial charge on any atom is 0.161 e. The number of ether oxygens (including phenoxy) is 1. The van der Waals surface area contributed by atoms with Crippen LogP contribution < -0.4 is 16.0 Å². The van der Waals surface area contributed by atoms with Crippen LogP contribution in [0, 0.1) is 0 Å². The molecule has 2 unspecified atom stereocenters. The Hall–Kier alpha value is -1.50. The monoisotopic (exact) mass is 290 g/mol. The topological polar surface area (TPSA) is 65.1 Å². The summed E-state index contributed by atoms with van der Waals surface area (Å²) in [5, 5.41) is 4.27. The first kappa shape index (κ1) is 13.5. The molecule has 2 atom stereocenters. The Kier molecular flexibility index (Phi) is 3.69. The van der Waals surface area contributed by atoms with E-state index in [1.165, 1.54) is 10.5 Å². The Balaban J connectivity index is 2.01. The Labute approximate surface area is 122 Å². The molecule has 0 bridgehead atoms. The largest absolute Gasteiger partial charge is 0.493 e. The Morgan fingerprint density at radius 2 is 2.30 bits per heavy atom. The van der Waals surface area contributed by atoms with E-state index in [0.717, 1.165) is 17.2 Å². The van der Waals surface area contributed by atoms with Gasteiger partial charge in [-0.3, -0.25) is 16.0 Å². The predicted molar refractivity (Wildman–Crippen MR) is 79.7 cm³/mol. The zero-order valence-electron chi connectivity index (χ0n) is 11.5. The zero-order valence-corrected chi connectivity index (χ0v) is 12.4. The lowest BCUT2D eigenvalue weighted by Gasteiger charge is -2.24. The van der Waals surface area contributed by atoms with Crippen LogP contribution >= 0.6 is 11.8 Å². The van der Waals surface area contributed by atoms with Crippen LogP contribution in [0.2, 0.25) is 0 Å². The highest BCUT2D eigenvalue weighted by molar-refractivity contribution is 7.99. The summed E-state index contributed by atoms with van der Waals surface area (Å²) in [6.45, 7) is 0. The molecule has 5 nitrogen and oxygen atoms in total. The van der Waals surface area contributed by atoms with E-state index >= 15 is 0 Å². The Morgan fingerprint density at radius 1 is 1.50 bits per heavy atom. The van der Waals surface area contributed by atoms with Gasteiger partial charge in [0.25, 0.3) is 0 Å². The zero-order chi connectivity index (χ0) is 14.1. The SMILES string of the molecule is COc1cnn(C)c1C(NN)C1CSc2ccccc21. The smallest absolute Gasteiger partial charge is 0.161 e. The van der Waals surface area contributed by atoms with Gasteiger partial charge >= 0.3 is 0 Å². The van der Waals surface area contributed by atoms with Crippen molar-refractivity contribution in [1.82, 2.24) is 15.2 Å². The van der Waals surface area contributed by atoms with Crippen molar-refractivity contribution in [2.24, 2.45) is 12.9 Å². The number of hydrogen-bond donors (Lipinski definition) is 2. The molecule has 106 valence electrons. The number of hydrogen-bond acceptors (Lipinski definition) is 5. The number of nitrogens with two attached hydrogens (primary N) is 1. The van der Waals surface area contributed by atoms with E-state index in [9.17, 15) is 0 Å². The van der Waals surface area contributed by atoms with Gasteiger partial charge in [-0.1, -0.05) is 18.2 Å². The number of nitrogens with one attached hydrogen (secondary N) is 1. The standard InChI is InChI=1S/C14H18N4OS/c1-18-14(11(19-2)7-16-18)13(17-15)10-8-20-12-6-4-3-5-9(10)12/h3-7,10,13,17H,8,15H2,1-2H3. The molecule has 1 aliphatic heterocycles. The molecule has 3 rings (SSSR count). The molecule has 2 aromatic rings. The molecule has 1 aromatic heterocycles. The van der Waals surface area contributed by atoms with Crippen molar-refractivity contribution in [2.75, 3.05) is 12.9 Å². The van der Waals surface area contributed by atoms with Crippen molar-refractivity contribution in [3.8, 4) is 5.75 Å². The highest BCUT2D eigenvalue weighted by Gasteiger charge is 2.34. The minimum Gasteiger partial charge on any atom is -0.493 e. The number of methoxy groups -OCH3 is 1. The third kappa shape index (κ3) is 2.09. The van der Waals surface area contributed by atoms with Crippen molar-refractivity contribution >= 4 is 11.8 Å². The summed E-state index contributed by atoms with van der Waals surface area (Å²) in [5.41, 5.74) is 5.27. The quantitative estimate of drug-likeness (QED) is 0.664. The number of rotatable bonds is 4. The van der Waals surface area contributed by atoms with E-state index in [1.54, 1.807) is 13.3 Å². The number of hydrazine groups is 1. The molecule has 20 heavy (non-hydrogen) atoms. The van der Waals surface area contributed by atoms with Crippen molar-refractivity contribution in [1.29, 1.82) is 0 Å². The minimum atomic E-state index is -0.0198. The fraction of sp³-hybridized carbons (Fsp3) is 0.357. The second-order valence-electron chi connectivity index (χ2n) is 4.82. The molecule has 0 spiro atoms. The summed E-state index contributed by atoms with van der Waals surface area (Å²) in [6, 6.07) is 8.46. The normalized spacial score (nSPS) is 18.9. The molecule has 6 heteroatoms. The molecule has 2 heterocycles. The van der Waals surface area contributed by atoms with Crippen LogP contribution in [0.25, 0.3) is 0 Å². The summed E-state index contributed by atoms with van der Waals surface area (Å²) in [4.78, 5) is 1.33. The average Bonchev–Trinajstić information content (AvgIpc) is 3.06. The number of thioether (sulfide) groups is 1. The van der Waals surface area contributed by atoms with Gasteiger partial charge in [-0.2, -0.15) is 5.10 Å². The molecule has 0 fully saturated rings. The van der Waals surface area contributed by atoms with Crippen LogP contribution in [0.4, 0.5) is 0 Å². The van der Waals surface area contributed by atoms with Crippen molar-refractivity contribution in [3.63, 3.8) is 0 Å². The number of nitrogens with zero attached hydrogens (tertiary/aromatic N) is 2. The van der Waals surface area contributed by atoms with Crippen LogP contribution in [-0.4, -0.2) is 22.6 Å². The van der Waals surface area contributed by atoms with Crippen molar-refractivity contribution < 1.29 is 4.74 Å². The van der Waals surface area contributed by atoms with Gasteiger partial charge in [0, 0.05) is 23.6 Å². The molecule has 0 saturated carbocycles. The van der Waals surface area contributed by atoms with Crippen LogP contribution in [0.15, 0.2) is 35.4 Å². The van der Waals surface area contributed by atoms with Crippen LogP contribution in [0.5, 0.6) is 5.75 Å². The van der Waals surface area contributed by atoms with E-state index in [2.05, 4.69) is 34.8 Å². The highest BCUT2D eigenvalue weighted by Crippen LogP contribution is 2.46. The summed E-state index contributed by atoms with van der Waals surface area (Å²) < 4.78 is 7.24. The lowest BCUT2D eigenvalue weighted by Crippen LogP contribution is -2.34. The maximum absolute atomic E-state index is 5.84. The van der Waals surface area contributed by atoms with E-state index < -0.39 is 0 Å². The predicted octanol–water partition coefficient (Wildman–Crippen LogP) is 1.82. The summed E-state index contributed by atoms with van der Waals surface area (Å²) in [6.07, 6.45) is 1.73. The summed E-state index contributed by atoms with van der Waals surface area (Å²) in [5.74, 6) is 7.92. The van der Waals surface area contributed by atoms with E-state index in [0.29, 0.717) is 5.92 Å². The molecular weight excluding hydrogens is 272 g/mol. The van der Waals surface area contributed by atoms with Gasteiger partial charge in [0.1, 0.15) is 0 Å². The van der Waals surface area contributed by atoms with Crippen molar-refractivity contribution in [3.05, 3.63) is 41.7 Å². The second kappa shape index (κ2) is 5.47. The van der Waals surface area contributed by atoms with E-state index in [4.69, 9.17) is 10.6 Å². The highest BCUT2D eigenvalue weighted by atomic mass is 32.2. The van der Waals surface area contributed by atoms with Gasteiger partial charge < -0.3 is 4.74 Å². The molecular formula is C14H18N4OS. The van der Waals surface area contributed by atoms with Crippen LogP contribution in [0.1, 0.15) is 23.2 Å². The molecule has 0 aliphatic carbocycles. The molecule has 1 aliphatic rings. The molecule has 1 aromatic carbocycles. The fourth-order valence-corrected chi connectivity index (χ4v) is 4.08. The molecule has 0 radical (unpaired) electrons. The lowest BCUT2D eigenvalue weighted by molar-refractivity contribution is 0.383. The van der Waals surface area contributed by atoms with Gasteiger partial charge in [-0.15, -0.1) is 11.8 Å². The maximum atomic E-state index is 5.84. The molecule has 0 saturated heterocycles. The average molecular weight is 290 g/mol. The minimum absolute atomic E-state index is 0.0198. The first-order chi connectivity index (χ1) is 9.76. The number of aromatic nitrogens is 2. The van der Waals surface area contributed by atoms with Gasteiger partial charge in [0.2, 0.25) is 0 Å². The van der Waals surface area contributed by atoms with Gasteiger partial charge in [-0.25, -0.2) is 0 Å². The van der Waals surface area contributed by atoms with E-state index in [-0.39, 0.29) is 6.04 Å². The summed E-state index contributed by atoms with van der Waals surface area (Å²) in [7, 11) is 3.57. The summed E-state index contributed by atoms with van der Waals surface area (Å²) >= 11 is 1.87. The molecule has 0 amide bonds. The third-order valence-electron chi connectivity index (χ3n) is 3.78. The molecule has 3 N–H and O–H groups in total. The second-order valence-corrected chi connectivity index (χ2v) is 5.88. The number of fused-ring (bicyclic) bond motifs is 1. The first-order valence-corrected chi connectivity index (χ1v) is 7.48. The van der Waals surface area contributed by atoms with Gasteiger partial charge in [0.05, 0.1) is 25.0 Å². The number of aryl methyl sites for hydroxylation is 1. The van der Waals surface area contributed by atoms with Gasteiger partial charge in [-0.05, 0) is 11.6 Å². The first-order valence-electron chi connectivity index (χ1n) is 6.50. The fourth-order valence-electron chi connectivity index (χ4n) is 2.79.